The monoisotopic (exact) mass is 625 g/mol. The van der Waals surface area contributed by atoms with E-state index in [2.05, 4.69) is 51.6 Å². The van der Waals surface area contributed by atoms with Crippen LogP contribution in [0.25, 0.3) is 0 Å². The number of ether oxygens (including phenoxy) is 1. The molecule has 2 saturated heterocycles. The van der Waals surface area contributed by atoms with Crippen LogP contribution in [0.3, 0.4) is 0 Å². The Labute approximate surface area is 260 Å². The molecule has 44 heavy (non-hydrogen) atoms. The predicted molar refractivity (Wildman–Crippen MR) is 169 cm³/mol. The van der Waals surface area contributed by atoms with Gasteiger partial charge in [-0.25, -0.2) is 14.2 Å². The molecule has 0 aliphatic carbocycles. The molecule has 4 N–H and O–H groups in total. The molecule has 1 aromatic heterocycles. The molecular weight excluding hydrogens is 589 g/mol. The summed E-state index contributed by atoms with van der Waals surface area (Å²) < 4.78 is 20.1. The van der Waals surface area contributed by atoms with Gasteiger partial charge in [0.15, 0.2) is 0 Å². The SMILES string of the molecule is CC(C)(C)C1CN(c2ccc(Nc3ncc(C(=O)Nc4c(F)cccc4Cl)c(NCC4CCCO4)n3)cc2)CCN1C(=O)O. The number of carbonyl (C=O) groups is 2. The Bertz CT molecular complexity index is 1480. The summed E-state index contributed by atoms with van der Waals surface area (Å²) in [4.78, 5) is 37.6. The number of aromatic nitrogens is 2. The maximum atomic E-state index is 14.4. The number of anilines is 5. The van der Waals surface area contributed by atoms with Gasteiger partial charge in [0.05, 0.1) is 22.9 Å². The van der Waals surface area contributed by atoms with Crippen LogP contribution in [0, 0.1) is 11.2 Å². The zero-order valence-electron chi connectivity index (χ0n) is 24.9. The summed E-state index contributed by atoms with van der Waals surface area (Å²) in [6.45, 7) is 8.90. The van der Waals surface area contributed by atoms with E-state index in [4.69, 9.17) is 16.3 Å². The molecule has 0 saturated carbocycles. The normalized spacial score (nSPS) is 18.7. The van der Waals surface area contributed by atoms with Crippen LogP contribution in [0.5, 0.6) is 0 Å². The molecule has 11 nitrogen and oxygen atoms in total. The number of nitrogens with one attached hydrogen (secondary N) is 3. The lowest BCUT2D eigenvalue weighted by atomic mass is 9.84. The standard InChI is InChI=1S/C31H37ClFN7O4/c1-31(2,3)25-18-39(13-14-40(25)30(42)43)20-11-9-19(10-12-20)36-29-35-17-22(27(38-29)34-16-21-6-5-15-44-21)28(41)37-26-23(32)7-4-8-24(26)33/h4,7-12,17,21,25H,5-6,13-16,18H2,1-3H3,(H,37,41)(H,42,43)(H2,34,35,36,38). The molecule has 2 aromatic carbocycles. The minimum atomic E-state index is -0.895. The van der Waals surface area contributed by atoms with Crippen molar-refractivity contribution in [1.29, 1.82) is 0 Å². The van der Waals surface area contributed by atoms with Crippen LogP contribution >= 0.6 is 11.6 Å². The molecule has 0 radical (unpaired) electrons. The van der Waals surface area contributed by atoms with Crippen LogP contribution in [0.4, 0.5) is 38.0 Å². The molecule has 5 rings (SSSR count). The molecule has 2 fully saturated rings. The van der Waals surface area contributed by atoms with E-state index in [1.807, 2.05) is 24.3 Å². The summed E-state index contributed by atoms with van der Waals surface area (Å²) in [6, 6.07) is 11.7. The van der Waals surface area contributed by atoms with E-state index in [0.29, 0.717) is 32.8 Å². The number of hydrogen-bond acceptors (Lipinski definition) is 8. The van der Waals surface area contributed by atoms with E-state index in [0.717, 1.165) is 24.2 Å². The molecule has 3 heterocycles. The summed E-state index contributed by atoms with van der Waals surface area (Å²) in [5, 5.41) is 18.7. The van der Waals surface area contributed by atoms with Gasteiger partial charge in [0.2, 0.25) is 5.95 Å². The highest BCUT2D eigenvalue weighted by Crippen LogP contribution is 2.31. The van der Waals surface area contributed by atoms with Gasteiger partial charge >= 0.3 is 6.09 Å². The number of amides is 2. The first-order valence-corrected chi connectivity index (χ1v) is 15.0. The summed E-state index contributed by atoms with van der Waals surface area (Å²) in [6.07, 6.45) is 2.32. The van der Waals surface area contributed by atoms with Gasteiger partial charge in [0.25, 0.3) is 5.91 Å². The molecule has 0 bridgehead atoms. The molecule has 234 valence electrons. The average molecular weight is 626 g/mol. The smallest absolute Gasteiger partial charge is 0.407 e. The first kappa shape index (κ1) is 31.3. The molecule has 2 unspecified atom stereocenters. The number of para-hydroxylation sites is 1. The summed E-state index contributed by atoms with van der Waals surface area (Å²) >= 11 is 6.11. The first-order chi connectivity index (χ1) is 21.0. The first-order valence-electron chi connectivity index (χ1n) is 14.6. The van der Waals surface area contributed by atoms with Crippen LogP contribution in [0.2, 0.25) is 5.02 Å². The fourth-order valence-corrected chi connectivity index (χ4v) is 5.64. The van der Waals surface area contributed by atoms with Crippen LogP contribution in [-0.2, 0) is 4.74 Å². The van der Waals surface area contributed by atoms with E-state index in [1.54, 1.807) is 0 Å². The number of carboxylic acid groups (broad SMARTS) is 1. The fraction of sp³-hybridized carbons (Fsp3) is 0.419. The Morgan fingerprint density at radius 2 is 1.93 bits per heavy atom. The van der Waals surface area contributed by atoms with E-state index < -0.39 is 17.8 Å². The van der Waals surface area contributed by atoms with Gasteiger partial charge in [-0.1, -0.05) is 38.4 Å². The topological polar surface area (TPSA) is 132 Å². The highest BCUT2D eigenvalue weighted by atomic mass is 35.5. The number of nitrogens with zero attached hydrogens (tertiary/aromatic N) is 4. The minimum absolute atomic E-state index is 0.0129. The molecule has 2 aliphatic heterocycles. The van der Waals surface area contributed by atoms with Crippen molar-refractivity contribution in [3.63, 3.8) is 0 Å². The van der Waals surface area contributed by atoms with Gasteiger partial charge in [0.1, 0.15) is 17.2 Å². The van der Waals surface area contributed by atoms with E-state index in [1.165, 1.54) is 29.3 Å². The Morgan fingerprint density at radius 3 is 2.59 bits per heavy atom. The molecule has 3 aromatic rings. The number of piperazine rings is 1. The number of rotatable bonds is 8. The second-order valence-corrected chi connectivity index (χ2v) is 12.4. The van der Waals surface area contributed by atoms with E-state index in [9.17, 15) is 19.1 Å². The number of benzene rings is 2. The van der Waals surface area contributed by atoms with Crippen LogP contribution in [0.1, 0.15) is 44.0 Å². The second kappa shape index (κ2) is 13.2. The number of hydrogen-bond donors (Lipinski definition) is 4. The zero-order valence-corrected chi connectivity index (χ0v) is 25.7. The second-order valence-electron chi connectivity index (χ2n) is 12.0. The van der Waals surface area contributed by atoms with Crippen LogP contribution in [-0.4, -0.2) is 76.9 Å². The van der Waals surface area contributed by atoms with Crippen molar-refractivity contribution in [2.24, 2.45) is 5.41 Å². The van der Waals surface area contributed by atoms with Crippen molar-refractivity contribution in [2.75, 3.05) is 53.6 Å². The molecule has 0 spiro atoms. The quantitative estimate of drug-likeness (QED) is 0.235. The molecule has 2 amide bonds. The van der Waals surface area contributed by atoms with E-state index in [-0.39, 0.29) is 45.6 Å². The lowest BCUT2D eigenvalue weighted by Crippen LogP contribution is -2.59. The largest absolute Gasteiger partial charge is 0.465 e. The highest BCUT2D eigenvalue weighted by Gasteiger charge is 2.38. The van der Waals surface area contributed by atoms with Crippen molar-refractivity contribution in [3.8, 4) is 0 Å². The van der Waals surface area contributed by atoms with Gasteiger partial charge in [-0.3, -0.25) is 4.79 Å². The molecule has 2 aliphatic rings. The van der Waals surface area contributed by atoms with Gasteiger partial charge in [0, 0.05) is 50.4 Å². The molecule has 2 atom stereocenters. The summed E-state index contributed by atoms with van der Waals surface area (Å²) in [5.41, 5.74) is 1.50. The van der Waals surface area contributed by atoms with Crippen molar-refractivity contribution in [3.05, 3.63) is 65.1 Å². The maximum absolute atomic E-state index is 14.4. The molecule has 13 heteroatoms. The Hall–Kier alpha value is -4.16. The highest BCUT2D eigenvalue weighted by molar-refractivity contribution is 6.34. The van der Waals surface area contributed by atoms with Gasteiger partial charge < -0.3 is 35.6 Å². The predicted octanol–water partition coefficient (Wildman–Crippen LogP) is 6.07. The Morgan fingerprint density at radius 1 is 1.16 bits per heavy atom. The third kappa shape index (κ3) is 7.31. The van der Waals surface area contributed by atoms with Crippen molar-refractivity contribution >= 4 is 52.4 Å². The Balaban J connectivity index is 1.32. The van der Waals surface area contributed by atoms with Crippen molar-refractivity contribution in [2.45, 2.75) is 45.8 Å². The number of halogens is 2. The van der Waals surface area contributed by atoms with Gasteiger partial charge in [-0.05, 0) is 54.7 Å². The summed E-state index contributed by atoms with van der Waals surface area (Å²) in [7, 11) is 0. The van der Waals surface area contributed by atoms with Crippen molar-refractivity contribution < 1.29 is 23.8 Å². The van der Waals surface area contributed by atoms with Crippen molar-refractivity contribution in [1.82, 2.24) is 14.9 Å². The fourth-order valence-electron chi connectivity index (χ4n) is 5.43. The van der Waals surface area contributed by atoms with Gasteiger partial charge in [-0.15, -0.1) is 0 Å². The lowest BCUT2D eigenvalue weighted by molar-refractivity contribution is 0.0748. The third-order valence-corrected chi connectivity index (χ3v) is 8.19. The minimum Gasteiger partial charge on any atom is -0.465 e. The van der Waals surface area contributed by atoms with Crippen LogP contribution in [0.15, 0.2) is 48.7 Å². The summed E-state index contributed by atoms with van der Waals surface area (Å²) in [5.74, 6) is -0.737. The zero-order chi connectivity index (χ0) is 31.4. The van der Waals surface area contributed by atoms with E-state index >= 15 is 0 Å². The Kier molecular flexibility index (Phi) is 9.40. The molecular formula is C31H37ClFN7O4. The third-order valence-electron chi connectivity index (χ3n) is 7.87. The maximum Gasteiger partial charge on any atom is 0.407 e. The van der Waals surface area contributed by atoms with Gasteiger partial charge in [-0.2, -0.15) is 4.98 Å². The number of carbonyl (C=O) groups excluding carboxylic acids is 1. The lowest BCUT2D eigenvalue weighted by Gasteiger charge is -2.46. The average Bonchev–Trinajstić information content (AvgIpc) is 3.51. The van der Waals surface area contributed by atoms with Crippen LogP contribution < -0.4 is 20.9 Å².